The molecule has 174 valence electrons. The number of esters is 2. The van der Waals surface area contributed by atoms with Gasteiger partial charge in [0.1, 0.15) is 5.76 Å². The van der Waals surface area contributed by atoms with Crippen LogP contribution in [0.4, 0.5) is 0 Å². The molecular weight excluding hydrogens is 444 g/mol. The summed E-state index contributed by atoms with van der Waals surface area (Å²) in [5.74, 6) is -0.250. The van der Waals surface area contributed by atoms with Gasteiger partial charge in [-0.1, -0.05) is 17.3 Å². The van der Waals surface area contributed by atoms with Gasteiger partial charge in [0.05, 0.1) is 29.6 Å². The van der Waals surface area contributed by atoms with E-state index in [9.17, 15) is 14.4 Å². The second-order valence-electron chi connectivity index (χ2n) is 7.62. The smallest absolute Gasteiger partial charge is 0.339 e. The van der Waals surface area contributed by atoms with Crippen molar-refractivity contribution in [3.05, 3.63) is 69.4 Å². The van der Waals surface area contributed by atoms with E-state index in [4.69, 9.17) is 14.0 Å². The number of hydrogen-bond acceptors (Lipinski definition) is 8. The fourth-order valence-corrected chi connectivity index (χ4v) is 4.70. The van der Waals surface area contributed by atoms with Crippen LogP contribution in [0.5, 0.6) is 0 Å². The third-order valence-corrected chi connectivity index (χ3v) is 6.49. The third-order valence-electron chi connectivity index (χ3n) is 5.39. The lowest BCUT2D eigenvalue weighted by Gasteiger charge is -2.14. The first-order chi connectivity index (χ1) is 15.6. The van der Waals surface area contributed by atoms with Crippen molar-refractivity contribution >= 4 is 29.5 Å². The van der Waals surface area contributed by atoms with E-state index in [1.165, 1.54) is 25.8 Å². The minimum Gasteiger partial charge on any atom is -0.465 e. The molecule has 1 N–H and O–H groups in total. The van der Waals surface area contributed by atoms with E-state index >= 15 is 0 Å². The van der Waals surface area contributed by atoms with Crippen molar-refractivity contribution in [2.45, 2.75) is 51.4 Å². The van der Waals surface area contributed by atoms with Gasteiger partial charge in [0, 0.05) is 21.9 Å². The summed E-state index contributed by atoms with van der Waals surface area (Å²) in [4.78, 5) is 41.5. The number of nitrogens with one attached hydrogen (secondary N) is 1. The van der Waals surface area contributed by atoms with E-state index in [1.54, 1.807) is 26.0 Å². The van der Waals surface area contributed by atoms with Crippen LogP contribution >= 0.6 is 11.8 Å². The standard InChI is InChI=1S/C24H26N2O6S/c1-12-20(24(29)30-6)14(3)25-21(12)22(27)16(5)31-23(28)17-9-7-8-10-19(17)33-11-18-13(2)26-32-15(18)4/h7-10,16,25H,11H2,1-6H3. The molecule has 0 fully saturated rings. The van der Waals surface area contributed by atoms with Crippen molar-refractivity contribution in [3.63, 3.8) is 0 Å². The fraction of sp³-hybridized carbons (Fsp3) is 0.333. The highest BCUT2D eigenvalue weighted by molar-refractivity contribution is 7.98. The van der Waals surface area contributed by atoms with Gasteiger partial charge in [-0.2, -0.15) is 0 Å². The van der Waals surface area contributed by atoms with E-state index in [2.05, 4.69) is 10.1 Å². The molecule has 0 bridgehead atoms. The van der Waals surface area contributed by atoms with E-state index in [0.717, 1.165) is 21.9 Å². The first-order valence-electron chi connectivity index (χ1n) is 10.3. The van der Waals surface area contributed by atoms with Crippen LogP contribution in [-0.4, -0.2) is 41.1 Å². The number of nitrogens with zero attached hydrogens (tertiary/aromatic N) is 1. The summed E-state index contributed by atoms with van der Waals surface area (Å²) in [6.45, 7) is 8.56. The van der Waals surface area contributed by atoms with Gasteiger partial charge < -0.3 is 19.0 Å². The summed E-state index contributed by atoms with van der Waals surface area (Å²) in [7, 11) is 1.28. The molecule has 8 nitrogen and oxygen atoms in total. The number of hydrogen-bond donors (Lipinski definition) is 1. The summed E-state index contributed by atoms with van der Waals surface area (Å²) < 4.78 is 15.5. The Balaban J connectivity index is 1.75. The van der Waals surface area contributed by atoms with Crippen LogP contribution in [0, 0.1) is 27.7 Å². The van der Waals surface area contributed by atoms with E-state index in [-0.39, 0.29) is 5.69 Å². The lowest BCUT2D eigenvalue weighted by molar-refractivity contribution is 0.0313. The maximum absolute atomic E-state index is 13.0. The number of thioether (sulfide) groups is 1. The quantitative estimate of drug-likeness (QED) is 0.285. The molecule has 0 aliphatic heterocycles. The Morgan fingerprint density at radius 3 is 2.45 bits per heavy atom. The number of rotatable bonds is 8. The maximum Gasteiger partial charge on any atom is 0.339 e. The number of aromatic amines is 1. The monoisotopic (exact) mass is 470 g/mol. The van der Waals surface area contributed by atoms with Gasteiger partial charge in [-0.25, -0.2) is 9.59 Å². The van der Waals surface area contributed by atoms with Gasteiger partial charge in [-0.05, 0) is 52.3 Å². The molecular formula is C24H26N2O6S. The van der Waals surface area contributed by atoms with Gasteiger partial charge in [0.25, 0.3) is 0 Å². The zero-order valence-corrected chi connectivity index (χ0v) is 20.2. The van der Waals surface area contributed by atoms with Crippen molar-refractivity contribution in [2.24, 2.45) is 0 Å². The molecule has 0 aliphatic rings. The van der Waals surface area contributed by atoms with E-state index < -0.39 is 23.8 Å². The fourth-order valence-electron chi connectivity index (χ4n) is 3.50. The highest BCUT2D eigenvalue weighted by Crippen LogP contribution is 2.29. The predicted octanol–water partition coefficient (Wildman–Crippen LogP) is 4.74. The van der Waals surface area contributed by atoms with E-state index in [1.807, 2.05) is 26.0 Å². The molecule has 3 rings (SSSR count). The summed E-state index contributed by atoms with van der Waals surface area (Å²) in [5, 5.41) is 3.96. The molecule has 0 spiro atoms. The number of carbonyl (C=O) groups excluding carboxylic acids is 3. The Kier molecular flexibility index (Phi) is 7.43. The van der Waals surface area contributed by atoms with Crippen molar-refractivity contribution in [3.8, 4) is 0 Å². The molecule has 0 aliphatic carbocycles. The van der Waals surface area contributed by atoms with Gasteiger partial charge in [-0.15, -0.1) is 11.8 Å². The van der Waals surface area contributed by atoms with Crippen molar-refractivity contribution in [2.75, 3.05) is 7.11 Å². The molecule has 33 heavy (non-hydrogen) atoms. The third kappa shape index (κ3) is 5.03. The number of carbonyl (C=O) groups is 3. The van der Waals surface area contributed by atoms with Gasteiger partial charge in [0.2, 0.25) is 5.78 Å². The number of ketones is 1. The van der Waals surface area contributed by atoms with Crippen LogP contribution in [0.15, 0.2) is 33.7 Å². The Hall–Kier alpha value is -3.33. The molecule has 1 unspecified atom stereocenters. The zero-order valence-electron chi connectivity index (χ0n) is 19.4. The van der Waals surface area contributed by atoms with Crippen molar-refractivity contribution in [1.82, 2.24) is 10.1 Å². The molecule has 0 amide bonds. The first-order valence-corrected chi connectivity index (χ1v) is 11.3. The number of benzene rings is 1. The van der Waals surface area contributed by atoms with Crippen LogP contribution in [0.1, 0.15) is 66.4 Å². The van der Waals surface area contributed by atoms with E-state index in [0.29, 0.717) is 28.1 Å². The second-order valence-corrected chi connectivity index (χ2v) is 8.63. The molecule has 0 saturated heterocycles. The molecule has 1 aromatic carbocycles. The highest BCUT2D eigenvalue weighted by Gasteiger charge is 2.28. The van der Waals surface area contributed by atoms with Crippen LogP contribution in [0.3, 0.4) is 0 Å². The van der Waals surface area contributed by atoms with Crippen LogP contribution in [-0.2, 0) is 15.2 Å². The Morgan fingerprint density at radius 1 is 1.12 bits per heavy atom. The minimum absolute atomic E-state index is 0.217. The number of Topliss-reactive ketones (excluding diaryl/α,β-unsaturated/α-hetero) is 1. The predicted molar refractivity (Wildman–Crippen MR) is 123 cm³/mol. The Labute approximate surface area is 196 Å². The molecule has 0 saturated carbocycles. The Morgan fingerprint density at radius 2 is 1.82 bits per heavy atom. The van der Waals surface area contributed by atoms with Crippen LogP contribution in [0.2, 0.25) is 0 Å². The number of aromatic nitrogens is 2. The largest absolute Gasteiger partial charge is 0.465 e. The first kappa shape index (κ1) is 24.3. The zero-order chi connectivity index (χ0) is 24.3. The normalized spacial score (nSPS) is 11.8. The topological polar surface area (TPSA) is 111 Å². The molecule has 2 heterocycles. The molecule has 1 atom stereocenters. The Bertz CT molecular complexity index is 1190. The molecule has 2 aromatic heterocycles. The summed E-state index contributed by atoms with van der Waals surface area (Å²) >= 11 is 1.46. The highest BCUT2D eigenvalue weighted by atomic mass is 32.2. The summed E-state index contributed by atoms with van der Waals surface area (Å²) in [5.41, 5.74) is 3.65. The van der Waals surface area contributed by atoms with Crippen LogP contribution in [0.25, 0.3) is 0 Å². The van der Waals surface area contributed by atoms with Gasteiger partial charge >= 0.3 is 11.9 Å². The molecule has 0 radical (unpaired) electrons. The SMILES string of the molecule is COC(=O)c1c(C)[nH]c(C(=O)C(C)OC(=O)c2ccccc2SCc2c(C)noc2C)c1C. The van der Waals surface area contributed by atoms with Gasteiger partial charge in [-0.3, -0.25) is 4.79 Å². The number of methoxy groups -OCH3 is 1. The summed E-state index contributed by atoms with van der Waals surface area (Å²) in [6, 6.07) is 7.06. The van der Waals surface area contributed by atoms with Gasteiger partial charge in [0.15, 0.2) is 6.10 Å². The lowest BCUT2D eigenvalue weighted by Crippen LogP contribution is -2.25. The average molecular weight is 471 g/mol. The van der Waals surface area contributed by atoms with Crippen molar-refractivity contribution < 1.29 is 28.4 Å². The number of ether oxygens (including phenoxy) is 2. The number of H-pyrrole nitrogens is 1. The van der Waals surface area contributed by atoms with Crippen LogP contribution < -0.4 is 0 Å². The average Bonchev–Trinajstić information content (AvgIpc) is 3.28. The molecule has 3 aromatic rings. The second kappa shape index (κ2) is 10.1. The maximum atomic E-state index is 13.0. The minimum atomic E-state index is -1.06. The summed E-state index contributed by atoms with van der Waals surface area (Å²) in [6.07, 6.45) is -1.06. The lowest BCUT2D eigenvalue weighted by atomic mass is 10.1. The number of aryl methyl sites for hydroxylation is 3. The molecule has 9 heteroatoms. The van der Waals surface area contributed by atoms with Crippen molar-refractivity contribution in [1.29, 1.82) is 0 Å².